The first-order valence-corrected chi connectivity index (χ1v) is 4.77. The van der Waals surface area contributed by atoms with E-state index < -0.39 is 0 Å². The van der Waals surface area contributed by atoms with Gasteiger partial charge in [0.15, 0.2) is 0 Å². The third-order valence-electron chi connectivity index (χ3n) is 2.70. The third kappa shape index (κ3) is 1.09. The Labute approximate surface area is 82.1 Å². The fourth-order valence-corrected chi connectivity index (χ4v) is 1.82. The number of benzene rings is 1. The number of fused-ring (bicyclic) bond motifs is 1. The van der Waals surface area contributed by atoms with E-state index in [0.29, 0.717) is 6.04 Å². The normalized spacial score (nSPS) is 19.9. The number of ether oxygens (including phenoxy) is 1. The summed E-state index contributed by atoms with van der Waals surface area (Å²) >= 11 is 0. The summed E-state index contributed by atoms with van der Waals surface area (Å²) < 4.78 is 5.17. The van der Waals surface area contributed by atoms with Crippen molar-refractivity contribution in [2.24, 2.45) is 0 Å². The van der Waals surface area contributed by atoms with Gasteiger partial charge in [-0.2, -0.15) is 0 Å². The highest BCUT2D eigenvalue weighted by Crippen LogP contribution is 2.30. The molecule has 1 aliphatic heterocycles. The SMILES string of the molecule is COc1ccc2c([C@H]3CN3)c[nH]c2c1. The van der Waals surface area contributed by atoms with Gasteiger partial charge in [-0.15, -0.1) is 0 Å². The Morgan fingerprint density at radius 3 is 3.00 bits per heavy atom. The molecule has 3 rings (SSSR count). The van der Waals surface area contributed by atoms with E-state index in [2.05, 4.69) is 22.6 Å². The Bertz CT molecular complexity index is 471. The lowest BCUT2D eigenvalue weighted by molar-refractivity contribution is 0.415. The van der Waals surface area contributed by atoms with Crippen molar-refractivity contribution in [3.63, 3.8) is 0 Å². The fraction of sp³-hybridized carbons (Fsp3) is 0.273. The lowest BCUT2D eigenvalue weighted by Gasteiger charge is -1.99. The van der Waals surface area contributed by atoms with Gasteiger partial charge in [-0.1, -0.05) is 0 Å². The smallest absolute Gasteiger partial charge is 0.120 e. The molecular formula is C11H12N2O. The number of rotatable bonds is 2. The highest BCUT2D eigenvalue weighted by molar-refractivity contribution is 5.85. The van der Waals surface area contributed by atoms with Gasteiger partial charge in [0.25, 0.3) is 0 Å². The molecule has 0 aliphatic carbocycles. The number of H-pyrrole nitrogens is 1. The highest BCUT2D eigenvalue weighted by Gasteiger charge is 2.24. The van der Waals surface area contributed by atoms with E-state index >= 15 is 0 Å². The Balaban J connectivity index is 2.17. The molecule has 3 nitrogen and oxygen atoms in total. The molecule has 14 heavy (non-hydrogen) atoms. The van der Waals surface area contributed by atoms with Crippen LogP contribution in [0.25, 0.3) is 10.9 Å². The van der Waals surface area contributed by atoms with Crippen LogP contribution in [0, 0.1) is 0 Å². The summed E-state index contributed by atoms with van der Waals surface area (Å²) in [7, 11) is 1.69. The summed E-state index contributed by atoms with van der Waals surface area (Å²) in [5.41, 5.74) is 2.51. The van der Waals surface area contributed by atoms with Gasteiger partial charge in [-0.25, -0.2) is 0 Å². The lowest BCUT2D eigenvalue weighted by Crippen LogP contribution is -1.83. The monoisotopic (exact) mass is 188 g/mol. The van der Waals surface area contributed by atoms with Crippen molar-refractivity contribution < 1.29 is 4.74 Å². The summed E-state index contributed by atoms with van der Waals surface area (Å²) in [5.74, 6) is 0.898. The van der Waals surface area contributed by atoms with Crippen LogP contribution in [-0.2, 0) is 0 Å². The summed E-state index contributed by atoms with van der Waals surface area (Å²) in [6.07, 6.45) is 2.08. The number of aromatic amines is 1. The first-order valence-electron chi connectivity index (χ1n) is 4.77. The zero-order valence-corrected chi connectivity index (χ0v) is 8.00. The molecule has 72 valence electrons. The second kappa shape index (κ2) is 2.75. The van der Waals surface area contributed by atoms with Crippen molar-refractivity contribution in [3.05, 3.63) is 30.0 Å². The van der Waals surface area contributed by atoms with Crippen LogP contribution in [0.15, 0.2) is 24.4 Å². The standard InChI is InChI=1S/C11H12N2O/c1-14-7-2-3-8-9(11-6-13-11)5-12-10(8)4-7/h2-5,11-13H,6H2,1H3/t11-/m1/s1. The van der Waals surface area contributed by atoms with Gasteiger partial charge in [-0.05, 0) is 17.7 Å². The zero-order chi connectivity index (χ0) is 9.54. The zero-order valence-electron chi connectivity index (χ0n) is 8.00. The van der Waals surface area contributed by atoms with E-state index in [9.17, 15) is 0 Å². The van der Waals surface area contributed by atoms with E-state index in [1.54, 1.807) is 7.11 Å². The van der Waals surface area contributed by atoms with Crippen LogP contribution in [-0.4, -0.2) is 18.6 Å². The summed E-state index contributed by atoms with van der Waals surface area (Å²) in [5, 5.41) is 4.60. The minimum atomic E-state index is 0.553. The molecule has 1 aromatic carbocycles. The molecule has 0 bridgehead atoms. The molecule has 0 radical (unpaired) electrons. The summed E-state index contributed by atoms with van der Waals surface area (Å²) in [4.78, 5) is 3.26. The van der Waals surface area contributed by atoms with E-state index in [-0.39, 0.29) is 0 Å². The van der Waals surface area contributed by atoms with Crippen LogP contribution in [0.2, 0.25) is 0 Å². The van der Waals surface area contributed by atoms with Crippen molar-refractivity contribution >= 4 is 10.9 Å². The highest BCUT2D eigenvalue weighted by atomic mass is 16.5. The van der Waals surface area contributed by atoms with Gasteiger partial charge in [-0.3, -0.25) is 0 Å². The molecule has 2 heterocycles. The second-order valence-corrected chi connectivity index (χ2v) is 3.62. The molecular weight excluding hydrogens is 176 g/mol. The molecule has 1 atom stereocenters. The predicted octanol–water partition coefficient (Wildman–Crippen LogP) is 1.82. The van der Waals surface area contributed by atoms with Crippen molar-refractivity contribution in [1.29, 1.82) is 0 Å². The molecule has 1 aromatic heterocycles. The minimum Gasteiger partial charge on any atom is -0.497 e. The van der Waals surface area contributed by atoms with Crippen LogP contribution in [0.3, 0.4) is 0 Å². The molecule has 0 saturated carbocycles. The van der Waals surface area contributed by atoms with Gasteiger partial charge < -0.3 is 15.0 Å². The van der Waals surface area contributed by atoms with Gasteiger partial charge in [0.05, 0.1) is 7.11 Å². The molecule has 1 aliphatic rings. The largest absolute Gasteiger partial charge is 0.497 e. The van der Waals surface area contributed by atoms with Gasteiger partial charge in [0.1, 0.15) is 5.75 Å². The first-order chi connectivity index (χ1) is 6.88. The van der Waals surface area contributed by atoms with Crippen molar-refractivity contribution in [3.8, 4) is 5.75 Å². The van der Waals surface area contributed by atoms with Gasteiger partial charge >= 0.3 is 0 Å². The Hall–Kier alpha value is -1.48. The van der Waals surface area contributed by atoms with Crippen LogP contribution in [0.4, 0.5) is 0 Å². The maximum absolute atomic E-state index is 5.17. The number of hydrogen-bond acceptors (Lipinski definition) is 2. The molecule has 1 fully saturated rings. The Morgan fingerprint density at radius 1 is 1.43 bits per heavy atom. The topological polar surface area (TPSA) is 47.0 Å². The molecule has 3 heteroatoms. The molecule has 1 saturated heterocycles. The third-order valence-corrected chi connectivity index (χ3v) is 2.70. The first kappa shape index (κ1) is 7.88. The van der Waals surface area contributed by atoms with E-state index in [0.717, 1.165) is 17.8 Å². The van der Waals surface area contributed by atoms with Crippen molar-refractivity contribution in [1.82, 2.24) is 10.3 Å². The van der Waals surface area contributed by atoms with Crippen LogP contribution in [0.5, 0.6) is 5.75 Å². The number of hydrogen-bond donors (Lipinski definition) is 2. The average molecular weight is 188 g/mol. The molecule has 2 aromatic rings. The molecule has 0 unspecified atom stereocenters. The minimum absolute atomic E-state index is 0.553. The number of nitrogens with one attached hydrogen (secondary N) is 2. The summed E-state index contributed by atoms with van der Waals surface area (Å²) in [6.45, 7) is 1.10. The van der Waals surface area contributed by atoms with Crippen molar-refractivity contribution in [2.45, 2.75) is 6.04 Å². The quantitative estimate of drug-likeness (QED) is 0.706. The Morgan fingerprint density at radius 2 is 2.29 bits per heavy atom. The molecule has 2 N–H and O–H groups in total. The van der Waals surface area contributed by atoms with Crippen LogP contribution < -0.4 is 10.1 Å². The van der Waals surface area contributed by atoms with Gasteiger partial charge in [0, 0.05) is 35.8 Å². The Kier molecular flexibility index (Phi) is 1.55. The maximum Gasteiger partial charge on any atom is 0.120 e. The lowest BCUT2D eigenvalue weighted by atomic mass is 10.1. The number of aromatic nitrogens is 1. The second-order valence-electron chi connectivity index (χ2n) is 3.62. The van der Waals surface area contributed by atoms with Gasteiger partial charge in [0.2, 0.25) is 0 Å². The maximum atomic E-state index is 5.17. The summed E-state index contributed by atoms with van der Waals surface area (Å²) in [6, 6.07) is 6.70. The number of methoxy groups -OCH3 is 1. The van der Waals surface area contributed by atoms with E-state index in [1.807, 2.05) is 12.1 Å². The van der Waals surface area contributed by atoms with Crippen LogP contribution in [0.1, 0.15) is 11.6 Å². The predicted molar refractivity (Wildman–Crippen MR) is 55.6 cm³/mol. The van der Waals surface area contributed by atoms with E-state index in [4.69, 9.17) is 4.74 Å². The molecule has 0 spiro atoms. The van der Waals surface area contributed by atoms with Crippen LogP contribution >= 0.6 is 0 Å². The average Bonchev–Trinajstić information content (AvgIpc) is 2.98. The van der Waals surface area contributed by atoms with Crippen molar-refractivity contribution in [2.75, 3.05) is 13.7 Å². The fourth-order valence-electron chi connectivity index (χ4n) is 1.82. The van der Waals surface area contributed by atoms with E-state index in [1.165, 1.54) is 10.9 Å². The molecule has 0 amide bonds.